The van der Waals surface area contributed by atoms with Gasteiger partial charge in [0.15, 0.2) is 0 Å². The van der Waals surface area contributed by atoms with Crippen LogP contribution in [0.25, 0.3) is 0 Å². The zero-order chi connectivity index (χ0) is 13.5. The van der Waals surface area contributed by atoms with Crippen LogP contribution in [0.2, 0.25) is 0 Å². The maximum atomic E-state index is 11.2. The third kappa shape index (κ3) is 3.58. The van der Waals surface area contributed by atoms with Gasteiger partial charge in [0.25, 0.3) is 0 Å². The van der Waals surface area contributed by atoms with E-state index in [2.05, 4.69) is 16.9 Å². The van der Waals surface area contributed by atoms with Crippen LogP contribution >= 0.6 is 0 Å². The Morgan fingerprint density at radius 1 is 1.33 bits per heavy atom. The lowest BCUT2D eigenvalue weighted by Crippen LogP contribution is -2.08. The second-order valence-electron chi connectivity index (χ2n) is 3.67. The van der Waals surface area contributed by atoms with Gasteiger partial charge in [-0.05, 0) is 24.6 Å². The van der Waals surface area contributed by atoms with Gasteiger partial charge >= 0.3 is 5.97 Å². The molecule has 1 unspecified atom stereocenters. The van der Waals surface area contributed by atoms with Gasteiger partial charge in [0.1, 0.15) is 18.3 Å². The molecule has 1 rings (SSSR count). The van der Waals surface area contributed by atoms with E-state index in [9.17, 15) is 14.6 Å². The zero-order valence-electron chi connectivity index (χ0n) is 9.83. The molecular formula is C12H12N2O4. The minimum atomic E-state index is -0.812. The summed E-state index contributed by atoms with van der Waals surface area (Å²) in [6.07, 6.45) is 0. The van der Waals surface area contributed by atoms with Crippen LogP contribution in [0.1, 0.15) is 18.5 Å². The fraction of sp³-hybridized carbons (Fsp3) is 0.250. The summed E-state index contributed by atoms with van der Waals surface area (Å²) in [6, 6.07) is 5.32. The number of nitroso groups, excluding NO2 is 2. The average molecular weight is 248 g/mol. The van der Waals surface area contributed by atoms with Crippen LogP contribution in [0.3, 0.4) is 0 Å². The molecule has 0 aliphatic carbocycles. The number of nitrogens with zero attached hydrogens (tertiary/aromatic N) is 2. The van der Waals surface area contributed by atoms with Crippen molar-refractivity contribution in [1.82, 2.24) is 0 Å². The molecule has 6 nitrogen and oxygen atoms in total. The molecule has 0 spiro atoms. The van der Waals surface area contributed by atoms with Crippen LogP contribution in [0.4, 0.5) is 0 Å². The fourth-order valence-electron chi connectivity index (χ4n) is 1.22. The lowest BCUT2D eigenvalue weighted by Gasteiger charge is -2.07. The number of ether oxygens (including phenoxy) is 1. The van der Waals surface area contributed by atoms with Gasteiger partial charge in [0.2, 0.25) is 0 Å². The maximum Gasteiger partial charge on any atom is 0.338 e. The van der Waals surface area contributed by atoms with Crippen molar-refractivity contribution in [1.29, 1.82) is 0 Å². The molecule has 0 aromatic heterocycles. The topological polar surface area (TPSA) is 85.2 Å². The molecule has 94 valence electrons. The van der Waals surface area contributed by atoms with E-state index < -0.39 is 12.0 Å². The standard InChI is InChI=1S/C12H12N2O4/c1-8(2)12(15)18-10-5-3-9(4-6-10)11(14-17)7-13-16/h3-6,11H,1,7H2,2H3. The van der Waals surface area contributed by atoms with Crippen molar-refractivity contribution in [2.24, 2.45) is 10.4 Å². The second kappa shape index (κ2) is 6.39. The molecule has 0 bridgehead atoms. The van der Waals surface area contributed by atoms with E-state index in [0.29, 0.717) is 11.3 Å². The Balaban J connectivity index is 2.78. The highest BCUT2D eigenvalue weighted by atomic mass is 16.5. The molecule has 18 heavy (non-hydrogen) atoms. The van der Waals surface area contributed by atoms with Crippen molar-refractivity contribution in [3.63, 3.8) is 0 Å². The predicted molar refractivity (Wildman–Crippen MR) is 66.1 cm³/mol. The van der Waals surface area contributed by atoms with E-state index in [1.807, 2.05) is 0 Å². The molecule has 0 fully saturated rings. The molecule has 0 saturated heterocycles. The SMILES string of the molecule is C=C(C)C(=O)Oc1ccc(C(CN=O)N=O)cc1. The summed E-state index contributed by atoms with van der Waals surface area (Å²) in [6.45, 7) is 4.78. The highest BCUT2D eigenvalue weighted by Gasteiger charge is 2.12. The Morgan fingerprint density at radius 2 is 1.94 bits per heavy atom. The number of hydrogen-bond donors (Lipinski definition) is 0. The van der Waals surface area contributed by atoms with Crippen molar-refractivity contribution in [2.75, 3.05) is 6.54 Å². The summed E-state index contributed by atoms with van der Waals surface area (Å²) in [5.41, 5.74) is 0.830. The van der Waals surface area contributed by atoms with Crippen LogP contribution < -0.4 is 4.74 Å². The molecule has 0 amide bonds. The monoisotopic (exact) mass is 248 g/mol. The van der Waals surface area contributed by atoms with Crippen LogP contribution in [0.15, 0.2) is 46.8 Å². The van der Waals surface area contributed by atoms with E-state index in [-0.39, 0.29) is 12.1 Å². The van der Waals surface area contributed by atoms with Crippen molar-refractivity contribution in [3.05, 3.63) is 51.8 Å². The first-order valence-electron chi connectivity index (χ1n) is 5.17. The molecule has 6 heteroatoms. The van der Waals surface area contributed by atoms with E-state index in [4.69, 9.17) is 4.74 Å². The smallest absolute Gasteiger partial charge is 0.338 e. The third-order valence-corrected chi connectivity index (χ3v) is 2.20. The minimum absolute atomic E-state index is 0.214. The van der Waals surface area contributed by atoms with Crippen LogP contribution in [-0.2, 0) is 4.79 Å². The van der Waals surface area contributed by atoms with Gasteiger partial charge in [-0.1, -0.05) is 29.1 Å². The summed E-state index contributed by atoms with van der Waals surface area (Å²) in [5, 5.41) is 5.44. The van der Waals surface area contributed by atoms with E-state index in [0.717, 1.165) is 0 Å². The van der Waals surface area contributed by atoms with Gasteiger partial charge < -0.3 is 4.74 Å². The quantitative estimate of drug-likeness (QED) is 0.335. The molecular weight excluding hydrogens is 236 g/mol. The van der Waals surface area contributed by atoms with Crippen LogP contribution in [-0.4, -0.2) is 12.5 Å². The van der Waals surface area contributed by atoms with Crippen molar-refractivity contribution in [3.8, 4) is 5.75 Å². The molecule has 1 atom stereocenters. The molecule has 1 aromatic carbocycles. The zero-order valence-corrected chi connectivity index (χ0v) is 9.83. The molecule has 0 saturated carbocycles. The molecule has 0 N–H and O–H groups in total. The first-order valence-corrected chi connectivity index (χ1v) is 5.17. The van der Waals surface area contributed by atoms with Gasteiger partial charge in [-0.2, -0.15) is 9.81 Å². The summed E-state index contributed by atoms with van der Waals surface area (Å²) < 4.78 is 4.97. The number of hydrogen-bond acceptors (Lipinski definition) is 6. The highest BCUT2D eigenvalue weighted by molar-refractivity contribution is 5.88. The number of carbonyl (C=O) groups is 1. The Labute approximate surface area is 104 Å². The Kier molecular flexibility index (Phi) is 4.86. The Morgan fingerprint density at radius 3 is 2.39 bits per heavy atom. The summed E-state index contributed by atoms with van der Waals surface area (Å²) in [5.74, 6) is -0.196. The summed E-state index contributed by atoms with van der Waals surface area (Å²) in [4.78, 5) is 31.9. The first kappa shape index (κ1) is 13.7. The lowest BCUT2D eigenvalue weighted by molar-refractivity contribution is -0.130. The van der Waals surface area contributed by atoms with Crippen molar-refractivity contribution >= 4 is 5.97 Å². The van der Waals surface area contributed by atoms with Gasteiger partial charge in [-0.25, -0.2) is 4.79 Å². The second-order valence-corrected chi connectivity index (χ2v) is 3.67. The van der Waals surface area contributed by atoms with Crippen molar-refractivity contribution in [2.45, 2.75) is 13.0 Å². The van der Waals surface area contributed by atoms with Gasteiger partial charge in [0, 0.05) is 5.57 Å². The number of rotatable bonds is 6. The third-order valence-electron chi connectivity index (χ3n) is 2.20. The van der Waals surface area contributed by atoms with E-state index in [1.165, 1.54) is 12.1 Å². The highest BCUT2D eigenvalue weighted by Crippen LogP contribution is 2.21. The van der Waals surface area contributed by atoms with Crippen LogP contribution in [0.5, 0.6) is 5.75 Å². The molecule has 0 radical (unpaired) electrons. The lowest BCUT2D eigenvalue weighted by atomic mass is 10.1. The normalized spacial score (nSPS) is 11.4. The average Bonchev–Trinajstić information content (AvgIpc) is 2.37. The predicted octanol–water partition coefficient (Wildman–Crippen LogP) is 2.74. The number of carbonyl (C=O) groups excluding carboxylic acids is 1. The molecule has 0 aliphatic rings. The number of esters is 1. The first-order chi connectivity index (χ1) is 8.58. The summed E-state index contributed by atoms with van der Waals surface area (Å²) >= 11 is 0. The Bertz CT molecular complexity index is 467. The van der Waals surface area contributed by atoms with E-state index in [1.54, 1.807) is 19.1 Å². The van der Waals surface area contributed by atoms with Crippen molar-refractivity contribution < 1.29 is 9.53 Å². The molecule has 0 aliphatic heterocycles. The van der Waals surface area contributed by atoms with Gasteiger partial charge in [-0.3, -0.25) is 0 Å². The minimum Gasteiger partial charge on any atom is -0.423 e. The maximum absolute atomic E-state index is 11.2. The Hall–Kier alpha value is -2.37. The van der Waals surface area contributed by atoms with Gasteiger partial charge in [-0.15, -0.1) is 0 Å². The fourth-order valence-corrected chi connectivity index (χ4v) is 1.22. The molecule has 0 heterocycles. The van der Waals surface area contributed by atoms with E-state index >= 15 is 0 Å². The summed E-state index contributed by atoms with van der Waals surface area (Å²) in [7, 11) is 0. The largest absolute Gasteiger partial charge is 0.423 e. The number of benzene rings is 1. The van der Waals surface area contributed by atoms with Gasteiger partial charge in [0.05, 0.1) is 0 Å². The van der Waals surface area contributed by atoms with Crippen LogP contribution in [0, 0.1) is 9.81 Å². The molecule has 1 aromatic rings.